The lowest BCUT2D eigenvalue weighted by Crippen LogP contribution is -2.42. The molecule has 0 fully saturated rings. The molecule has 0 spiro atoms. The fourth-order valence-corrected chi connectivity index (χ4v) is 5.37. The first-order valence-corrected chi connectivity index (χ1v) is 12.7. The number of allylic oxidation sites excluding steroid dienone is 2. The maximum atomic E-state index is 13.6. The maximum Gasteiger partial charge on any atom is 0.161 e. The lowest BCUT2D eigenvalue weighted by atomic mass is 9.73. The summed E-state index contributed by atoms with van der Waals surface area (Å²) in [5.74, 6) is 0.265. The van der Waals surface area contributed by atoms with E-state index in [1.54, 1.807) is 12.0 Å². The molecule has 0 unspecified atom stereocenters. The second-order valence-electron chi connectivity index (χ2n) is 9.59. The molecule has 188 valence electrons. The summed E-state index contributed by atoms with van der Waals surface area (Å²) < 4.78 is 5.35. The number of benzene rings is 3. The average molecular weight is 513 g/mol. The molecule has 0 amide bonds. The summed E-state index contributed by atoms with van der Waals surface area (Å²) in [6.07, 6.45) is 1.79. The van der Waals surface area contributed by atoms with E-state index in [9.17, 15) is 15.3 Å². The van der Waals surface area contributed by atoms with E-state index >= 15 is 0 Å². The third-order valence-electron chi connectivity index (χ3n) is 7.20. The molecule has 0 bridgehead atoms. The Balaban J connectivity index is 1.81. The van der Waals surface area contributed by atoms with Crippen molar-refractivity contribution >= 4 is 34.7 Å². The van der Waals surface area contributed by atoms with Crippen LogP contribution < -0.4 is 9.64 Å². The summed E-state index contributed by atoms with van der Waals surface area (Å²) in [4.78, 5) is 15.4. The number of aliphatic hydroxyl groups is 1. The molecule has 3 aromatic rings. The van der Waals surface area contributed by atoms with Gasteiger partial charge in [-0.1, -0.05) is 59.6 Å². The zero-order chi connectivity index (χ0) is 26.3. The van der Waals surface area contributed by atoms with Gasteiger partial charge < -0.3 is 9.84 Å². The van der Waals surface area contributed by atoms with E-state index in [1.807, 2.05) is 80.6 Å². The summed E-state index contributed by atoms with van der Waals surface area (Å²) in [7, 11) is 1.61. The number of aliphatic hydroxyl groups excluding tert-OH is 1. The average Bonchev–Trinajstić information content (AvgIpc) is 2.90. The van der Waals surface area contributed by atoms with E-state index in [4.69, 9.17) is 16.3 Å². The molecule has 2 N–H and O–H groups in total. The van der Waals surface area contributed by atoms with Crippen molar-refractivity contribution in [1.82, 2.24) is 0 Å². The number of nitrogens with zero attached hydrogens (tertiary/aromatic N) is 1. The molecule has 2 aliphatic rings. The second kappa shape index (κ2) is 9.91. The minimum Gasteiger partial charge on any atom is -0.507 e. The van der Waals surface area contributed by atoms with Crippen LogP contribution in [0, 0.1) is 19.3 Å². The van der Waals surface area contributed by atoms with Gasteiger partial charge in [0, 0.05) is 45.5 Å². The van der Waals surface area contributed by atoms with E-state index in [-0.39, 0.29) is 17.4 Å². The van der Waals surface area contributed by atoms with Gasteiger partial charge in [-0.25, -0.2) is 0 Å². The fourth-order valence-electron chi connectivity index (χ4n) is 5.19. The smallest absolute Gasteiger partial charge is 0.161 e. The van der Waals surface area contributed by atoms with Crippen LogP contribution in [-0.2, 0) is 4.79 Å². The van der Waals surface area contributed by atoms with Gasteiger partial charge in [0.1, 0.15) is 17.3 Å². The van der Waals surface area contributed by atoms with Crippen molar-refractivity contribution < 1.29 is 14.6 Å². The van der Waals surface area contributed by atoms with Crippen LogP contribution in [0.3, 0.4) is 0 Å². The van der Waals surface area contributed by atoms with Gasteiger partial charge >= 0.3 is 0 Å². The summed E-state index contributed by atoms with van der Waals surface area (Å²) in [5, 5.41) is 21.7. The standard InChI is InChI=1S/C31H29ClN2O3/c1-18-7-10-21(11-8-18)30(36)29-27(20-12-15-23(37-3)16-13-20)28-25(5-4-6-26(28)35)34(31(29)33)22-14-9-19(2)24(32)17-22/h7-17,27,33,36H,4-6H2,1-3H3/b30-29+,33-31?/t27-/m0/s1. The highest BCUT2D eigenvalue weighted by Gasteiger charge is 2.43. The summed E-state index contributed by atoms with van der Waals surface area (Å²) in [5.41, 5.74) is 5.92. The predicted octanol–water partition coefficient (Wildman–Crippen LogP) is 7.52. The van der Waals surface area contributed by atoms with Crippen LogP contribution in [-0.4, -0.2) is 23.8 Å². The molecule has 6 heteroatoms. The van der Waals surface area contributed by atoms with Crippen LogP contribution in [0.1, 0.15) is 47.4 Å². The van der Waals surface area contributed by atoms with E-state index in [0.29, 0.717) is 52.4 Å². The third kappa shape index (κ3) is 4.44. The quantitative estimate of drug-likeness (QED) is 0.354. The zero-order valence-electron chi connectivity index (χ0n) is 21.1. The third-order valence-corrected chi connectivity index (χ3v) is 7.60. The Morgan fingerprint density at radius 1 is 1.03 bits per heavy atom. The highest BCUT2D eigenvalue weighted by atomic mass is 35.5. The fraction of sp³-hybridized carbons (Fsp3) is 0.226. The lowest BCUT2D eigenvalue weighted by Gasteiger charge is -2.42. The van der Waals surface area contributed by atoms with Crippen LogP contribution in [0.4, 0.5) is 5.69 Å². The van der Waals surface area contributed by atoms with Crippen molar-refractivity contribution in [2.75, 3.05) is 12.0 Å². The molecule has 37 heavy (non-hydrogen) atoms. The SMILES string of the molecule is COc1ccc([C@H]2C3=C(CCCC3=O)N(c3ccc(C)c(Cl)c3)C(=N)/C2=C(/O)c2ccc(C)cc2)cc1. The van der Waals surface area contributed by atoms with E-state index in [0.717, 1.165) is 22.4 Å². The summed E-state index contributed by atoms with van der Waals surface area (Å²) >= 11 is 6.49. The number of amidine groups is 1. The normalized spacial score (nSPS) is 19.1. The molecule has 5 rings (SSSR count). The van der Waals surface area contributed by atoms with Gasteiger partial charge in [0.2, 0.25) is 0 Å². The number of hydrogen-bond acceptors (Lipinski definition) is 4. The molecule has 5 nitrogen and oxygen atoms in total. The molecule has 1 aliphatic carbocycles. The molecule has 0 aromatic heterocycles. The Morgan fingerprint density at radius 3 is 2.38 bits per heavy atom. The maximum absolute atomic E-state index is 13.6. The Bertz CT molecular complexity index is 1450. The molecular weight excluding hydrogens is 484 g/mol. The number of nitrogens with one attached hydrogen (secondary N) is 1. The minimum absolute atomic E-state index is 0.0149. The van der Waals surface area contributed by atoms with E-state index in [2.05, 4.69) is 0 Å². The first-order valence-electron chi connectivity index (χ1n) is 12.4. The predicted molar refractivity (Wildman–Crippen MR) is 149 cm³/mol. The van der Waals surface area contributed by atoms with Crippen molar-refractivity contribution in [2.24, 2.45) is 0 Å². The molecule has 0 saturated carbocycles. The number of rotatable bonds is 4. The van der Waals surface area contributed by atoms with Crippen molar-refractivity contribution in [1.29, 1.82) is 5.41 Å². The van der Waals surface area contributed by atoms with Gasteiger partial charge in [0.15, 0.2) is 5.78 Å². The van der Waals surface area contributed by atoms with Gasteiger partial charge in [-0.3, -0.25) is 15.1 Å². The molecule has 1 heterocycles. The number of aryl methyl sites for hydroxylation is 2. The number of methoxy groups -OCH3 is 1. The monoisotopic (exact) mass is 512 g/mol. The number of hydrogen-bond donors (Lipinski definition) is 2. The number of Topliss-reactive ketones (excluding diaryl/α,β-unsaturated/α-hetero) is 1. The van der Waals surface area contributed by atoms with Crippen molar-refractivity contribution in [3.8, 4) is 5.75 Å². The summed E-state index contributed by atoms with van der Waals surface area (Å²) in [6, 6.07) is 20.7. The topological polar surface area (TPSA) is 73.6 Å². The number of ketones is 1. The lowest BCUT2D eigenvalue weighted by molar-refractivity contribution is -0.116. The number of ether oxygens (including phenoxy) is 1. The Kier molecular flexibility index (Phi) is 6.65. The highest BCUT2D eigenvalue weighted by Crippen LogP contribution is 2.48. The number of anilines is 1. The van der Waals surface area contributed by atoms with Gasteiger partial charge in [-0.2, -0.15) is 0 Å². The van der Waals surface area contributed by atoms with Crippen molar-refractivity contribution in [2.45, 2.75) is 39.0 Å². The first kappa shape index (κ1) is 24.8. The van der Waals surface area contributed by atoms with Gasteiger partial charge in [-0.05, 0) is 62.1 Å². The molecular formula is C31H29ClN2O3. The van der Waals surface area contributed by atoms with E-state index < -0.39 is 5.92 Å². The Morgan fingerprint density at radius 2 is 1.73 bits per heavy atom. The molecule has 1 atom stereocenters. The number of carbonyl (C=O) groups excluding carboxylic acids is 1. The number of halogens is 1. The number of carbonyl (C=O) groups is 1. The van der Waals surface area contributed by atoms with Crippen LogP contribution >= 0.6 is 11.6 Å². The van der Waals surface area contributed by atoms with Gasteiger partial charge in [0.05, 0.1) is 7.11 Å². The summed E-state index contributed by atoms with van der Waals surface area (Å²) in [6.45, 7) is 3.91. The second-order valence-corrected chi connectivity index (χ2v) is 10.00. The zero-order valence-corrected chi connectivity index (χ0v) is 21.9. The van der Waals surface area contributed by atoms with Crippen molar-refractivity contribution in [3.63, 3.8) is 0 Å². The van der Waals surface area contributed by atoms with Gasteiger partial charge in [-0.15, -0.1) is 0 Å². The Hall–Kier alpha value is -3.83. The molecule has 3 aromatic carbocycles. The van der Waals surface area contributed by atoms with Crippen LogP contribution in [0.2, 0.25) is 5.02 Å². The first-order chi connectivity index (χ1) is 17.8. The van der Waals surface area contributed by atoms with Gasteiger partial charge in [0.25, 0.3) is 0 Å². The molecule has 1 aliphatic heterocycles. The largest absolute Gasteiger partial charge is 0.507 e. The van der Waals surface area contributed by atoms with Crippen LogP contribution in [0.15, 0.2) is 83.6 Å². The van der Waals surface area contributed by atoms with Crippen LogP contribution in [0.25, 0.3) is 5.76 Å². The van der Waals surface area contributed by atoms with Crippen molar-refractivity contribution in [3.05, 3.63) is 111 Å². The minimum atomic E-state index is -0.584. The Labute approximate surface area is 222 Å². The highest BCUT2D eigenvalue weighted by molar-refractivity contribution is 6.32. The molecule has 0 radical (unpaired) electrons. The van der Waals surface area contributed by atoms with E-state index in [1.165, 1.54) is 0 Å². The van der Waals surface area contributed by atoms with Crippen LogP contribution in [0.5, 0.6) is 5.75 Å². The molecule has 0 saturated heterocycles.